The van der Waals surface area contributed by atoms with Gasteiger partial charge in [0, 0.05) is 24.0 Å². The molecule has 1 amide bonds. The third-order valence-electron chi connectivity index (χ3n) is 3.01. The summed E-state index contributed by atoms with van der Waals surface area (Å²) in [7, 11) is 2.94. The van der Waals surface area contributed by atoms with E-state index < -0.39 is 5.97 Å². The molecule has 6 heteroatoms. The highest BCUT2D eigenvalue weighted by atomic mass is 16.5. The zero-order chi connectivity index (χ0) is 15.2. The summed E-state index contributed by atoms with van der Waals surface area (Å²) in [5.41, 5.74) is 2.78. The lowest BCUT2D eigenvalue weighted by molar-refractivity contribution is 0.0594. The maximum Gasteiger partial charge on any atom is 0.354 e. The van der Waals surface area contributed by atoms with E-state index in [4.69, 9.17) is 0 Å². The number of methoxy groups -OCH3 is 1. The van der Waals surface area contributed by atoms with Crippen molar-refractivity contribution in [2.45, 2.75) is 6.54 Å². The van der Waals surface area contributed by atoms with Crippen LogP contribution in [-0.2, 0) is 11.3 Å². The number of benzene rings is 1. The Balaban J connectivity index is 1.95. The van der Waals surface area contributed by atoms with Gasteiger partial charge in [0.1, 0.15) is 5.69 Å². The molecule has 0 spiro atoms. The highest BCUT2D eigenvalue weighted by molar-refractivity contribution is 5.94. The fourth-order valence-electron chi connectivity index (χ4n) is 1.85. The monoisotopic (exact) mass is 287 g/mol. The van der Waals surface area contributed by atoms with Crippen molar-refractivity contribution in [3.05, 3.63) is 53.3 Å². The summed E-state index contributed by atoms with van der Waals surface area (Å²) in [5, 5.41) is 5.77. The fourth-order valence-corrected chi connectivity index (χ4v) is 1.85. The van der Waals surface area contributed by atoms with Gasteiger partial charge < -0.3 is 20.4 Å². The van der Waals surface area contributed by atoms with Gasteiger partial charge >= 0.3 is 5.97 Å². The predicted octanol–water partition coefficient (Wildman–Crippen LogP) is 1.77. The van der Waals surface area contributed by atoms with Crippen molar-refractivity contribution in [2.24, 2.45) is 0 Å². The van der Waals surface area contributed by atoms with Gasteiger partial charge in [-0.05, 0) is 36.4 Å². The van der Waals surface area contributed by atoms with E-state index >= 15 is 0 Å². The second-order valence-electron chi connectivity index (χ2n) is 4.40. The van der Waals surface area contributed by atoms with Crippen molar-refractivity contribution in [2.75, 3.05) is 19.5 Å². The van der Waals surface area contributed by atoms with E-state index in [1.165, 1.54) is 7.11 Å². The second-order valence-corrected chi connectivity index (χ2v) is 4.40. The van der Waals surface area contributed by atoms with Crippen LogP contribution in [-0.4, -0.2) is 31.0 Å². The highest BCUT2D eigenvalue weighted by Crippen LogP contribution is 2.11. The van der Waals surface area contributed by atoms with E-state index in [0.29, 0.717) is 17.8 Å². The third kappa shape index (κ3) is 3.62. The molecular weight excluding hydrogens is 270 g/mol. The van der Waals surface area contributed by atoms with Crippen molar-refractivity contribution in [1.29, 1.82) is 0 Å². The molecule has 6 nitrogen and oxygen atoms in total. The Morgan fingerprint density at radius 1 is 1.14 bits per heavy atom. The summed E-state index contributed by atoms with van der Waals surface area (Å²) in [6, 6.07) is 10.6. The maximum absolute atomic E-state index is 11.4. The predicted molar refractivity (Wildman–Crippen MR) is 79.3 cm³/mol. The van der Waals surface area contributed by atoms with Crippen LogP contribution in [0.5, 0.6) is 0 Å². The Labute approximate surface area is 122 Å². The molecule has 0 aliphatic carbocycles. The zero-order valence-corrected chi connectivity index (χ0v) is 11.9. The number of carbonyl (C=O) groups excluding carboxylic acids is 2. The number of ether oxygens (including phenoxy) is 1. The minimum Gasteiger partial charge on any atom is -0.464 e. The molecule has 110 valence electrons. The normalized spacial score (nSPS) is 10.0. The Hall–Kier alpha value is -2.76. The fraction of sp³-hybridized carbons (Fsp3) is 0.200. The SMILES string of the molecule is CNC(=O)c1ccc(NCc2ccc(C(=O)OC)[nH]2)cc1. The lowest BCUT2D eigenvalue weighted by Crippen LogP contribution is -2.17. The van der Waals surface area contributed by atoms with E-state index in [9.17, 15) is 9.59 Å². The molecule has 0 bridgehead atoms. The Morgan fingerprint density at radius 3 is 2.48 bits per heavy atom. The number of hydrogen-bond donors (Lipinski definition) is 3. The number of aromatic nitrogens is 1. The summed E-state index contributed by atoms with van der Waals surface area (Å²) in [6.07, 6.45) is 0. The Morgan fingerprint density at radius 2 is 1.86 bits per heavy atom. The molecule has 2 aromatic rings. The summed E-state index contributed by atoms with van der Waals surface area (Å²) in [6.45, 7) is 0.538. The van der Waals surface area contributed by atoms with Crippen molar-refractivity contribution >= 4 is 17.6 Å². The first-order chi connectivity index (χ1) is 10.1. The average molecular weight is 287 g/mol. The number of H-pyrrole nitrogens is 1. The maximum atomic E-state index is 11.4. The van der Waals surface area contributed by atoms with Gasteiger partial charge in [0.25, 0.3) is 5.91 Å². The van der Waals surface area contributed by atoms with Crippen molar-refractivity contribution in [3.63, 3.8) is 0 Å². The van der Waals surface area contributed by atoms with Crippen molar-refractivity contribution < 1.29 is 14.3 Å². The van der Waals surface area contributed by atoms with Gasteiger partial charge in [-0.25, -0.2) is 4.79 Å². The van der Waals surface area contributed by atoms with Crippen LogP contribution in [0.3, 0.4) is 0 Å². The summed E-state index contributed by atoms with van der Waals surface area (Å²) in [4.78, 5) is 25.7. The first kappa shape index (κ1) is 14.6. The molecule has 0 unspecified atom stereocenters. The van der Waals surface area contributed by atoms with Gasteiger partial charge in [-0.2, -0.15) is 0 Å². The summed E-state index contributed by atoms with van der Waals surface area (Å²) < 4.78 is 4.63. The van der Waals surface area contributed by atoms with E-state index in [2.05, 4.69) is 20.4 Å². The van der Waals surface area contributed by atoms with Crippen LogP contribution in [0.4, 0.5) is 5.69 Å². The largest absolute Gasteiger partial charge is 0.464 e. The lowest BCUT2D eigenvalue weighted by Gasteiger charge is -2.06. The minimum absolute atomic E-state index is 0.117. The van der Waals surface area contributed by atoms with E-state index in [1.54, 1.807) is 25.2 Å². The first-order valence-corrected chi connectivity index (χ1v) is 6.46. The average Bonchev–Trinajstić information content (AvgIpc) is 3.01. The number of esters is 1. The molecule has 1 aromatic carbocycles. The highest BCUT2D eigenvalue weighted by Gasteiger charge is 2.07. The number of rotatable bonds is 5. The number of carbonyl (C=O) groups is 2. The van der Waals surface area contributed by atoms with Gasteiger partial charge in [0.2, 0.25) is 0 Å². The Kier molecular flexibility index (Phi) is 4.61. The molecule has 21 heavy (non-hydrogen) atoms. The molecule has 0 aliphatic heterocycles. The first-order valence-electron chi connectivity index (χ1n) is 6.46. The molecule has 0 aliphatic rings. The van der Waals surface area contributed by atoms with Crippen molar-refractivity contribution in [1.82, 2.24) is 10.3 Å². The van der Waals surface area contributed by atoms with Crippen LogP contribution >= 0.6 is 0 Å². The van der Waals surface area contributed by atoms with Crippen LogP contribution in [0, 0.1) is 0 Å². The minimum atomic E-state index is -0.392. The molecule has 1 aromatic heterocycles. The molecule has 3 N–H and O–H groups in total. The lowest BCUT2D eigenvalue weighted by atomic mass is 10.2. The number of hydrogen-bond acceptors (Lipinski definition) is 4. The van der Waals surface area contributed by atoms with Gasteiger partial charge in [0.05, 0.1) is 13.7 Å². The quantitative estimate of drug-likeness (QED) is 0.732. The van der Waals surface area contributed by atoms with Crippen LogP contribution in [0.1, 0.15) is 26.5 Å². The summed E-state index contributed by atoms with van der Waals surface area (Å²) >= 11 is 0. The molecule has 0 radical (unpaired) electrons. The number of amides is 1. The molecule has 1 heterocycles. The number of aromatic amines is 1. The standard InChI is InChI=1S/C15H17N3O3/c1-16-14(19)10-3-5-11(6-4-10)17-9-12-7-8-13(18-12)15(20)21-2/h3-8,17-18H,9H2,1-2H3,(H,16,19). The molecule has 0 saturated carbocycles. The van der Waals surface area contributed by atoms with Gasteiger partial charge in [0.15, 0.2) is 0 Å². The van der Waals surface area contributed by atoms with Gasteiger partial charge in [-0.15, -0.1) is 0 Å². The van der Waals surface area contributed by atoms with Crippen LogP contribution < -0.4 is 10.6 Å². The van der Waals surface area contributed by atoms with E-state index in [-0.39, 0.29) is 5.91 Å². The van der Waals surface area contributed by atoms with E-state index in [1.807, 2.05) is 18.2 Å². The molecule has 2 rings (SSSR count). The number of anilines is 1. The molecule has 0 saturated heterocycles. The zero-order valence-electron chi connectivity index (χ0n) is 11.9. The third-order valence-corrected chi connectivity index (χ3v) is 3.01. The van der Waals surface area contributed by atoms with E-state index in [0.717, 1.165) is 11.4 Å². The topological polar surface area (TPSA) is 83.2 Å². The van der Waals surface area contributed by atoms with Crippen LogP contribution in [0.25, 0.3) is 0 Å². The summed E-state index contributed by atoms with van der Waals surface area (Å²) in [5.74, 6) is -0.509. The molecule has 0 fully saturated rings. The van der Waals surface area contributed by atoms with Gasteiger partial charge in [-0.3, -0.25) is 4.79 Å². The van der Waals surface area contributed by atoms with Crippen LogP contribution in [0.15, 0.2) is 36.4 Å². The molecular formula is C15H17N3O3. The van der Waals surface area contributed by atoms with Crippen molar-refractivity contribution in [3.8, 4) is 0 Å². The van der Waals surface area contributed by atoms with Gasteiger partial charge in [-0.1, -0.05) is 0 Å². The smallest absolute Gasteiger partial charge is 0.354 e. The Bertz CT molecular complexity index is 632. The van der Waals surface area contributed by atoms with Crippen LogP contribution in [0.2, 0.25) is 0 Å². The number of nitrogens with one attached hydrogen (secondary N) is 3. The molecule has 0 atom stereocenters. The second kappa shape index (κ2) is 6.60.